The number of hydrogen-bond acceptors (Lipinski definition) is 6. The SMILES string of the molecule is CC(C)(C)OC(=O)C(COc1ccc(C(CN=[N+]=[N-])N=[N+]=[N-])cc1)O[Si](C)(C)C(C)(C)C. The van der Waals surface area contributed by atoms with Gasteiger partial charge in [-0.05, 0) is 67.7 Å². The maximum atomic E-state index is 12.8. The fourth-order valence-corrected chi connectivity index (χ4v) is 3.62. The summed E-state index contributed by atoms with van der Waals surface area (Å²) in [5.41, 5.74) is 17.3. The first-order valence-corrected chi connectivity index (χ1v) is 13.3. The molecule has 0 saturated carbocycles. The molecule has 10 nitrogen and oxygen atoms in total. The summed E-state index contributed by atoms with van der Waals surface area (Å²) in [5.74, 6) is 0.0568. The van der Waals surface area contributed by atoms with Crippen molar-refractivity contribution < 1.29 is 18.7 Å². The minimum atomic E-state index is -2.26. The van der Waals surface area contributed by atoms with E-state index in [1.807, 2.05) is 20.8 Å². The highest BCUT2D eigenvalue weighted by Crippen LogP contribution is 2.37. The maximum Gasteiger partial charge on any atom is 0.338 e. The topological polar surface area (TPSA) is 142 Å². The smallest absolute Gasteiger partial charge is 0.338 e. The van der Waals surface area contributed by atoms with Crippen molar-refractivity contribution in [1.82, 2.24) is 0 Å². The van der Waals surface area contributed by atoms with E-state index in [1.54, 1.807) is 24.3 Å². The van der Waals surface area contributed by atoms with E-state index in [0.29, 0.717) is 11.3 Å². The van der Waals surface area contributed by atoms with Crippen molar-refractivity contribution in [3.63, 3.8) is 0 Å². The summed E-state index contributed by atoms with van der Waals surface area (Å²) in [6, 6.07) is 6.23. The van der Waals surface area contributed by atoms with Crippen LogP contribution in [0.15, 0.2) is 34.5 Å². The highest BCUT2D eigenvalue weighted by atomic mass is 28.4. The third-order valence-corrected chi connectivity index (χ3v) is 9.57. The Hall–Kier alpha value is -2.71. The number of carbonyl (C=O) groups excluding carboxylic acids is 1. The molecule has 0 saturated heterocycles. The molecule has 0 N–H and O–H groups in total. The molecule has 32 heavy (non-hydrogen) atoms. The molecule has 0 amide bonds. The Morgan fingerprint density at radius 3 is 2.12 bits per heavy atom. The lowest BCUT2D eigenvalue weighted by Gasteiger charge is -2.39. The Labute approximate surface area is 190 Å². The van der Waals surface area contributed by atoms with E-state index in [-0.39, 0.29) is 18.2 Å². The van der Waals surface area contributed by atoms with Gasteiger partial charge in [-0.1, -0.05) is 43.1 Å². The van der Waals surface area contributed by atoms with Crippen molar-refractivity contribution in [2.75, 3.05) is 13.2 Å². The summed E-state index contributed by atoms with van der Waals surface area (Å²) in [4.78, 5) is 18.3. The van der Waals surface area contributed by atoms with Crippen molar-refractivity contribution >= 4 is 14.3 Å². The molecule has 1 aromatic carbocycles. The van der Waals surface area contributed by atoms with Crippen LogP contribution in [0.2, 0.25) is 18.1 Å². The van der Waals surface area contributed by atoms with E-state index in [2.05, 4.69) is 53.9 Å². The molecule has 176 valence electrons. The monoisotopic (exact) mass is 462 g/mol. The Morgan fingerprint density at radius 1 is 1.06 bits per heavy atom. The quantitative estimate of drug-likeness (QED) is 0.129. The van der Waals surface area contributed by atoms with Crippen LogP contribution in [0, 0.1) is 0 Å². The number of azide groups is 2. The predicted molar refractivity (Wildman–Crippen MR) is 126 cm³/mol. The van der Waals surface area contributed by atoms with Crippen LogP contribution in [-0.4, -0.2) is 39.1 Å². The molecule has 0 aliphatic heterocycles. The van der Waals surface area contributed by atoms with Gasteiger partial charge in [0.25, 0.3) is 0 Å². The van der Waals surface area contributed by atoms with Crippen LogP contribution in [0.3, 0.4) is 0 Å². The van der Waals surface area contributed by atoms with Crippen LogP contribution in [0.1, 0.15) is 53.1 Å². The number of rotatable bonds is 10. The minimum Gasteiger partial charge on any atom is -0.490 e. The largest absolute Gasteiger partial charge is 0.490 e. The first-order valence-electron chi connectivity index (χ1n) is 10.4. The molecule has 0 aliphatic rings. The van der Waals surface area contributed by atoms with Gasteiger partial charge in [0.1, 0.15) is 18.0 Å². The van der Waals surface area contributed by atoms with Gasteiger partial charge in [-0.15, -0.1) is 0 Å². The van der Waals surface area contributed by atoms with Gasteiger partial charge in [-0.25, -0.2) is 4.79 Å². The molecule has 0 aliphatic carbocycles. The molecular formula is C21H34N6O4Si. The Bertz CT molecular complexity index is 864. The molecule has 0 bridgehead atoms. The van der Waals surface area contributed by atoms with Gasteiger partial charge < -0.3 is 13.9 Å². The highest BCUT2D eigenvalue weighted by Gasteiger charge is 2.42. The molecule has 0 fully saturated rings. The second-order valence-corrected chi connectivity index (χ2v) is 14.7. The lowest BCUT2D eigenvalue weighted by molar-refractivity contribution is -0.165. The zero-order valence-corrected chi connectivity index (χ0v) is 21.2. The standard InChI is InChI=1S/C21H34N6O4Si/c1-20(2,3)30-19(28)18(31-32(7,8)21(4,5)6)14-29-16-11-9-15(10-12-16)17(25-27-23)13-24-26-22/h9-12,17-18H,13-14H2,1-8H3. The number of carbonyl (C=O) groups is 1. The van der Waals surface area contributed by atoms with Crippen molar-refractivity contribution in [3.8, 4) is 5.75 Å². The molecule has 11 heteroatoms. The summed E-state index contributed by atoms with van der Waals surface area (Å²) < 4.78 is 17.7. The van der Waals surface area contributed by atoms with Crippen LogP contribution in [-0.2, 0) is 14.0 Å². The maximum absolute atomic E-state index is 12.8. The summed E-state index contributed by atoms with van der Waals surface area (Å²) in [5, 5.41) is 7.04. The van der Waals surface area contributed by atoms with Crippen molar-refractivity contribution in [3.05, 3.63) is 50.7 Å². The summed E-state index contributed by atoms with van der Waals surface area (Å²) >= 11 is 0. The zero-order valence-electron chi connectivity index (χ0n) is 20.2. The fraction of sp³-hybridized carbons (Fsp3) is 0.667. The van der Waals surface area contributed by atoms with Gasteiger partial charge in [-0.2, -0.15) is 0 Å². The number of hydrogen-bond donors (Lipinski definition) is 0. The highest BCUT2D eigenvalue weighted by molar-refractivity contribution is 6.74. The van der Waals surface area contributed by atoms with Crippen LogP contribution in [0.5, 0.6) is 5.75 Å². The van der Waals surface area contributed by atoms with Crippen LogP contribution >= 0.6 is 0 Å². The molecular weight excluding hydrogens is 428 g/mol. The van der Waals surface area contributed by atoms with Gasteiger partial charge in [0.05, 0.1) is 6.04 Å². The lowest BCUT2D eigenvalue weighted by Crippen LogP contribution is -2.49. The normalized spacial score (nSPS) is 13.9. The molecule has 2 unspecified atom stereocenters. The van der Waals surface area contributed by atoms with Gasteiger partial charge in [0, 0.05) is 16.4 Å². The van der Waals surface area contributed by atoms with Gasteiger partial charge >= 0.3 is 5.97 Å². The molecule has 1 rings (SSSR count). The second-order valence-electron chi connectivity index (χ2n) is 9.91. The van der Waals surface area contributed by atoms with E-state index in [1.165, 1.54) is 0 Å². The van der Waals surface area contributed by atoms with Gasteiger partial charge in [-0.3, -0.25) is 0 Å². The van der Waals surface area contributed by atoms with Gasteiger partial charge in [0.2, 0.25) is 0 Å². The van der Waals surface area contributed by atoms with Gasteiger partial charge in [0.15, 0.2) is 14.4 Å². The lowest BCUT2D eigenvalue weighted by atomic mass is 10.1. The van der Waals surface area contributed by atoms with E-state index in [9.17, 15) is 4.79 Å². The fourth-order valence-electron chi connectivity index (χ4n) is 2.39. The van der Waals surface area contributed by atoms with Crippen LogP contribution < -0.4 is 4.74 Å². The molecule has 0 aromatic heterocycles. The number of esters is 1. The van der Waals surface area contributed by atoms with E-state index in [0.717, 1.165) is 0 Å². The average Bonchev–Trinajstić information content (AvgIpc) is 2.66. The summed E-state index contributed by atoms with van der Waals surface area (Å²) in [7, 11) is -2.26. The second kappa shape index (κ2) is 11.2. The average molecular weight is 463 g/mol. The Balaban J connectivity index is 3.00. The van der Waals surface area contributed by atoms with Crippen molar-refractivity contribution in [2.45, 2.75) is 77.4 Å². The molecule has 2 atom stereocenters. The zero-order chi connectivity index (χ0) is 24.6. The summed E-state index contributed by atoms with van der Waals surface area (Å²) in [6.45, 7) is 15.9. The van der Waals surface area contributed by atoms with E-state index >= 15 is 0 Å². The van der Waals surface area contributed by atoms with Crippen LogP contribution in [0.4, 0.5) is 0 Å². The van der Waals surface area contributed by atoms with E-state index < -0.39 is 32.0 Å². The number of benzene rings is 1. The van der Waals surface area contributed by atoms with E-state index in [4.69, 9.17) is 25.0 Å². The molecule has 1 aromatic rings. The molecule has 0 heterocycles. The Morgan fingerprint density at radius 2 is 1.66 bits per heavy atom. The third kappa shape index (κ3) is 8.80. The first kappa shape index (κ1) is 27.3. The predicted octanol–water partition coefficient (Wildman–Crippen LogP) is 6.46. The molecule has 0 radical (unpaired) electrons. The minimum absolute atomic E-state index is 0.000722. The number of ether oxygens (including phenoxy) is 2. The van der Waals surface area contributed by atoms with Crippen molar-refractivity contribution in [1.29, 1.82) is 0 Å². The third-order valence-electron chi connectivity index (χ3n) is 5.09. The van der Waals surface area contributed by atoms with Crippen molar-refractivity contribution in [2.24, 2.45) is 10.2 Å². The Kier molecular flexibility index (Phi) is 9.60. The number of nitrogens with zero attached hydrogens (tertiary/aromatic N) is 6. The van der Waals surface area contributed by atoms with Crippen LogP contribution in [0.25, 0.3) is 20.9 Å². The molecule has 0 spiro atoms. The first-order chi connectivity index (χ1) is 14.7. The summed E-state index contributed by atoms with van der Waals surface area (Å²) in [6.07, 6.45) is -0.865.